The summed E-state index contributed by atoms with van der Waals surface area (Å²) in [5.74, 6) is -0.855. The predicted molar refractivity (Wildman–Crippen MR) is 42.8 cm³/mol. The summed E-state index contributed by atoms with van der Waals surface area (Å²) in [6.45, 7) is 3.71. The van der Waals surface area contributed by atoms with Crippen LogP contribution in [0.15, 0.2) is 0 Å². The summed E-state index contributed by atoms with van der Waals surface area (Å²) in [4.78, 5) is 10.1. The van der Waals surface area contributed by atoms with Crippen LogP contribution in [-0.4, -0.2) is 11.1 Å². The first-order chi connectivity index (χ1) is 3.68. The molecule has 0 amide bonds. The highest BCUT2D eigenvalue weighted by atomic mass is 31.0. The number of hydrogen-bond acceptors (Lipinski definition) is 1. The van der Waals surface area contributed by atoms with Crippen LogP contribution in [0.1, 0.15) is 26.7 Å². The second-order valence-corrected chi connectivity index (χ2v) is 2.03. The van der Waals surface area contributed by atoms with Crippen LogP contribution in [0.25, 0.3) is 0 Å². The maximum atomic E-state index is 10.1. The molecule has 0 spiro atoms. The van der Waals surface area contributed by atoms with Gasteiger partial charge in [0.15, 0.2) is 0 Å². The lowest BCUT2D eigenvalue weighted by Crippen LogP contribution is -2.08. The third kappa shape index (κ3) is 5.78. The molecule has 0 aliphatic rings. The summed E-state index contributed by atoms with van der Waals surface area (Å²) < 4.78 is 0. The first-order valence-corrected chi connectivity index (χ1v) is 2.91. The summed E-state index contributed by atoms with van der Waals surface area (Å²) in [5.41, 5.74) is 0. The van der Waals surface area contributed by atoms with Gasteiger partial charge in [0.25, 0.3) is 0 Å². The van der Waals surface area contributed by atoms with E-state index >= 15 is 0 Å². The number of hydrogen-bond donors (Lipinski definition) is 1. The molecule has 0 aromatic rings. The van der Waals surface area contributed by atoms with Crippen LogP contribution in [0.3, 0.4) is 0 Å². The van der Waals surface area contributed by atoms with E-state index in [2.05, 4.69) is 0 Å². The molecule has 2 unspecified atom stereocenters. The maximum absolute atomic E-state index is 10.1. The fourth-order valence-electron chi connectivity index (χ4n) is 0.556. The van der Waals surface area contributed by atoms with Crippen LogP contribution in [0.4, 0.5) is 0 Å². The van der Waals surface area contributed by atoms with Crippen LogP contribution >= 0.6 is 9.90 Å². The summed E-state index contributed by atoms with van der Waals surface area (Å²) in [6.07, 6.45) is 1.74. The summed E-state index contributed by atoms with van der Waals surface area (Å²) >= 11 is 0. The fraction of sp³-hybridized carbons (Fsp3) is 0.833. The molecular weight excluding hydrogens is 135 g/mol. The molecule has 0 fully saturated rings. The van der Waals surface area contributed by atoms with Crippen molar-refractivity contribution in [1.29, 1.82) is 0 Å². The lowest BCUT2D eigenvalue weighted by Gasteiger charge is -2.00. The first-order valence-electron chi connectivity index (χ1n) is 2.91. The molecule has 1 N–H and O–H groups in total. The van der Waals surface area contributed by atoms with Gasteiger partial charge in [-0.15, -0.1) is 0 Å². The Kier molecular flexibility index (Phi) is 7.81. The van der Waals surface area contributed by atoms with Crippen LogP contribution < -0.4 is 0 Å². The van der Waals surface area contributed by atoms with Crippen LogP contribution in [0.5, 0.6) is 0 Å². The van der Waals surface area contributed by atoms with Gasteiger partial charge in [0, 0.05) is 0 Å². The molecule has 9 heavy (non-hydrogen) atoms. The van der Waals surface area contributed by atoms with Gasteiger partial charge in [-0.05, 0) is 6.42 Å². The Morgan fingerprint density at radius 3 is 2.22 bits per heavy atom. The second kappa shape index (κ2) is 6.03. The summed E-state index contributed by atoms with van der Waals surface area (Å²) in [5, 5.41) is 8.31. The summed E-state index contributed by atoms with van der Waals surface area (Å²) in [7, 11) is 0. The quantitative estimate of drug-likeness (QED) is 0.620. The van der Waals surface area contributed by atoms with Crippen LogP contribution in [0.2, 0.25) is 0 Å². The highest BCUT2D eigenvalue weighted by Crippen LogP contribution is 2.03. The minimum atomic E-state index is -0.688. The van der Waals surface area contributed by atoms with Gasteiger partial charge in [0.1, 0.15) is 0 Å². The fourth-order valence-corrected chi connectivity index (χ4v) is 0.556. The molecule has 0 heterocycles. The largest absolute Gasteiger partial charge is 0.481 e. The zero-order valence-electron chi connectivity index (χ0n) is 6.05. The average Bonchev–Trinajstić information content (AvgIpc) is 1.67. The Morgan fingerprint density at radius 1 is 1.67 bits per heavy atom. The van der Waals surface area contributed by atoms with Crippen molar-refractivity contribution in [3.05, 3.63) is 0 Å². The SMILES string of the molecule is CCCC(C)C(=O)O.P. The van der Waals surface area contributed by atoms with Crippen molar-refractivity contribution in [1.82, 2.24) is 0 Å². The first kappa shape index (κ1) is 11.7. The molecule has 0 rings (SSSR count). The van der Waals surface area contributed by atoms with E-state index in [9.17, 15) is 4.79 Å². The van der Waals surface area contributed by atoms with E-state index in [0.29, 0.717) is 0 Å². The lowest BCUT2D eigenvalue weighted by molar-refractivity contribution is -0.141. The van der Waals surface area contributed by atoms with E-state index in [0.717, 1.165) is 12.8 Å². The van der Waals surface area contributed by atoms with E-state index in [-0.39, 0.29) is 15.8 Å². The van der Waals surface area contributed by atoms with Crippen molar-refractivity contribution in [2.24, 2.45) is 5.92 Å². The Balaban J connectivity index is 0. The van der Waals surface area contributed by atoms with Gasteiger partial charge < -0.3 is 5.11 Å². The molecule has 0 radical (unpaired) electrons. The normalized spacial score (nSPS) is 11.8. The molecule has 2 nitrogen and oxygen atoms in total. The molecule has 0 bridgehead atoms. The minimum absolute atomic E-state index is 0. The van der Waals surface area contributed by atoms with Crippen molar-refractivity contribution in [3.63, 3.8) is 0 Å². The van der Waals surface area contributed by atoms with Crippen LogP contribution in [-0.2, 0) is 4.79 Å². The van der Waals surface area contributed by atoms with Crippen molar-refractivity contribution in [3.8, 4) is 0 Å². The molecule has 0 aliphatic heterocycles. The number of aliphatic carboxylic acids is 1. The zero-order valence-corrected chi connectivity index (χ0v) is 7.47. The van der Waals surface area contributed by atoms with Gasteiger partial charge in [-0.2, -0.15) is 9.90 Å². The highest BCUT2D eigenvalue weighted by Gasteiger charge is 2.07. The van der Waals surface area contributed by atoms with Crippen molar-refractivity contribution < 1.29 is 9.90 Å². The second-order valence-electron chi connectivity index (χ2n) is 2.03. The predicted octanol–water partition coefficient (Wildman–Crippen LogP) is 1.57. The van der Waals surface area contributed by atoms with Crippen LogP contribution in [0, 0.1) is 5.92 Å². The van der Waals surface area contributed by atoms with Gasteiger partial charge in [-0.1, -0.05) is 20.3 Å². The Hall–Kier alpha value is -0.100. The molecule has 0 aromatic carbocycles. The van der Waals surface area contributed by atoms with Crippen molar-refractivity contribution >= 4 is 15.9 Å². The molecule has 56 valence electrons. The van der Waals surface area contributed by atoms with E-state index in [1.165, 1.54) is 0 Å². The molecule has 2 atom stereocenters. The lowest BCUT2D eigenvalue weighted by atomic mass is 10.1. The van der Waals surface area contributed by atoms with Crippen molar-refractivity contribution in [2.45, 2.75) is 26.7 Å². The van der Waals surface area contributed by atoms with Gasteiger partial charge in [-0.25, -0.2) is 0 Å². The molecule has 0 aliphatic carbocycles. The van der Waals surface area contributed by atoms with Gasteiger partial charge in [0.2, 0.25) is 0 Å². The molecule has 3 heteroatoms. The molecule has 0 saturated carbocycles. The third-order valence-electron chi connectivity index (χ3n) is 1.14. The van der Waals surface area contributed by atoms with Crippen molar-refractivity contribution in [2.75, 3.05) is 0 Å². The maximum Gasteiger partial charge on any atom is 0.306 e. The number of rotatable bonds is 3. The Bertz CT molecular complexity index is 83.1. The summed E-state index contributed by atoms with van der Waals surface area (Å²) in [6, 6.07) is 0. The van der Waals surface area contributed by atoms with Gasteiger partial charge in [0.05, 0.1) is 5.92 Å². The third-order valence-corrected chi connectivity index (χ3v) is 1.14. The van der Waals surface area contributed by atoms with Gasteiger partial charge in [-0.3, -0.25) is 4.79 Å². The van der Waals surface area contributed by atoms with E-state index < -0.39 is 5.97 Å². The van der Waals surface area contributed by atoms with Gasteiger partial charge >= 0.3 is 5.97 Å². The molecule has 0 saturated heterocycles. The topological polar surface area (TPSA) is 37.3 Å². The Labute approximate surface area is 59.3 Å². The smallest absolute Gasteiger partial charge is 0.306 e. The molecule has 0 aromatic heterocycles. The highest BCUT2D eigenvalue weighted by molar-refractivity contribution is 6.92. The molecular formula is C6H15O2P. The standard InChI is InChI=1S/C6H12O2.H3P/c1-3-4-5(2)6(7)8;/h5H,3-4H2,1-2H3,(H,7,8);1H3. The van der Waals surface area contributed by atoms with E-state index in [1.54, 1.807) is 6.92 Å². The zero-order chi connectivity index (χ0) is 6.57. The Morgan fingerprint density at radius 2 is 2.11 bits per heavy atom. The van der Waals surface area contributed by atoms with E-state index in [4.69, 9.17) is 5.11 Å². The van der Waals surface area contributed by atoms with E-state index in [1.807, 2.05) is 6.92 Å². The minimum Gasteiger partial charge on any atom is -0.481 e. The average molecular weight is 150 g/mol. The number of carbonyl (C=O) groups is 1. The number of carboxylic acid groups (broad SMARTS) is 1. The monoisotopic (exact) mass is 150 g/mol. The number of carboxylic acids is 1.